The van der Waals surface area contributed by atoms with Gasteiger partial charge in [0, 0.05) is 19.3 Å². The fraction of sp³-hybridized carbons (Fsp3) is 0.879. The Balaban J connectivity index is 4.14. The fourth-order valence-corrected chi connectivity index (χ4v) is 8.71. The summed E-state index contributed by atoms with van der Waals surface area (Å²) in [6.07, 6.45) is 57.9. The number of aliphatic carboxylic acids is 1. The van der Waals surface area contributed by atoms with E-state index in [2.05, 4.69) is 38.2 Å². The van der Waals surface area contributed by atoms with Gasteiger partial charge in [0.15, 0.2) is 6.10 Å². The Morgan fingerprint density at radius 3 is 1.15 bits per heavy atom. The van der Waals surface area contributed by atoms with Crippen molar-refractivity contribution in [1.29, 1.82) is 0 Å². The number of ether oxygens (including phenoxy) is 3. The molecular weight excluding hydrogens is 823 g/mol. The zero-order valence-corrected chi connectivity index (χ0v) is 44.4. The van der Waals surface area contributed by atoms with Crippen LogP contribution in [0.3, 0.4) is 0 Å². The number of likely N-dealkylation sites (N-methyl/N-ethyl adjacent to an activating group) is 1. The maximum atomic E-state index is 12.8. The van der Waals surface area contributed by atoms with E-state index >= 15 is 0 Å². The van der Waals surface area contributed by atoms with Crippen molar-refractivity contribution in [2.75, 3.05) is 41.0 Å². The Labute approximate surface area is 409 Å². The summed E-state index contributed by atoms with van der Waals surface area (Å²) in [4.78, 5) is 37.1. The van der Waals surface area contributed by atoms with Crippen molar-refractivity contribution in [2.24, 2.45) is 0 Å². The first kappa shape index (κ1) is 63.8. The Morgan fingerprint density at radius 1 is 0.455 bits per heavy atom. The van der Waals surface area contributed by atoms with Gasteiger partial charge in [-0.1, -0.05) is 244 Å². The van der Waals surface area contributed by atoms with Gasteiger partial charge in [-0.2, -0.15) is 0 Å². The van der Waals surface area contributed by atoms with Gasteiger partial charge in [-0.25, -0.2) is 0 Å². The number of allylic oxidation sites excluding steroid dienone is 4. The summed E-state index contributed by atoms with van der Waals surface area (Å²) in [5.41, 5.74) is 0. The van der Waals surface area contributed by atoms with Crippen LogP contribution in [0.25, 0.3) is 0 Å². The number of carbonyl (C=O) groups excluding carboxylic acids is 3. The van der Waals surface area contributed by atoms with E-state index in [9.17, 15) is 19.5 Å². The molecule has 0 radical (unpaired) electrons. The molecule has 66 heavy (non-hydrogen) atoms. The van der Waals surface area contributed by atoms with Gasteiger partial charge < -0.3 is 28.6 Å². The van der Waals surface area contributed by atoms with Gasteiger partial charge in [-0.15, -0.1) is 0 Å². The number of nitrogens with zero attached hydrogens (tertiary/aromatic N) is 1. The second-order valence-corrected chi connectivity index (χ2v) is 20.6. The van der Waals surface area contributed by atoms with Crippen LogP contribution in [0.2, 0.25) is 0 Å². The molecule has 0 saturated heterocycles. The molecule has 0 bridgehead atoms. The number of hydrogen-bond acceptors (Lipinski definition) is 7. The summed E-state index contributed by atoms with van der Waals surface area (Å²) in [5, 5.41) is 11.7. The molecule has 0 amide bonds. The smallest absolute Gasteiger partial charge is 0.306 e. The SMILES string of the molecule is CCCCCC/C=C/C=C/CCCCCCCCCCCCC(=O)OC(COCCC(C(=O)[O-])[N+](C)(C)C)COC(=O)CCCCCCCCCCCCCCCCCCCCCCCC. The average molecular weight is 933 g/mol. The van der Waals surface area contributed by atoms with Crippen LogP contribution in [0.4, 0.5) is 0 Å². The van der Waals surface area contributed by atoms with Gasteiger partial charge in [-0.05, 0) is 38.5 Å². The van der Waals surface area contributed by atoms with Crippen molar-refractivity contribution in [3.05, 3.63) is 24.3 Å². The van der Waals surface area contributed by atoms with Gasteiger partial charge in [0.1, 0.15) is 12.6 Å². The monoisotopic (exact) mass is 932 g/mol. The van der Waals surface area contributed by atoms with Crippen LogP contribution >= 0.6 is 0 Å². The quantitative estimate of drug-likeness (QED) is 0.0259. The lowest BCUT2D eigenvalue weighted by Gasteiger charge is -2.34. The number of hydrogen-bond donors (Lipinski definition) is 0. The van der Waals surface area contributed by atoms with Gasteiger partial charge in [0.05, 0.1) is 40.3 Å². The minimum absolute atomic E-state index is 0.0443. The van der Waals surface area contributed by atoms with E-state index in [1.54, 1.807) is 0 Å². The molecule has 388 valence electrons. The minimum atomic E-state index is -1.12. The van der Waals surface area contributed by atoms with Crippen molar-refractivity contribution in [3.63, 3.8) is 0 Å². The lowest BCUT2D eigenvalue weighted by atomic mass is 10.0. The number of carboxylic acid groups (broad SMARTS) is 1. The van der Waals surface area contributed by atoms with E-state index in [4.69, 9.17) is 14.2 Å². The highest BCUT2D eigenvalue weighted by molar-refractivity contribution is 5.70. The molecule has 0 aromatic heterocycles. The van der Waals surface area contributed by atoms with Crippen LogP contribution in [-0.4, -0.2) is 75.5 Å². The Morgan fingerprint density at radius 2 is 0.788 bits per heavy atom. The lowest BCUT2D eigenvalue weighted by molar-refractivity contribution is -0.889. The van der Waals surface area contributed by atoms with Gasteiger partial charge in [-0.3, -0.25) is 9.59 Å². The third kappa shape index (κ3) is 46.9. The van der Waals surface area contributed by atoms with Crippen LogP contribution in [0, 0.1) is 0 Å². The van der Waals surface area contributed by atoms with E-state index in [0.29, 0.717) is 12.8 Å². The van der Waals surface area contributed by atoms with E-state index in [-0.39, 0.29) is 42.7 Å². The molecule has 0 fully saturated rings. The summed E-state index contributed by atoms with van der Waals surface area (Å²) in [7, 11) is 5.43. The zero-order valence-electron chi connectivity index (χ0n) is 44.4. The predicted octanol–water partition coefficient (Wildman–Crippen LogP) is 15.4. The largest absolute Gasteiger partial charge is 0.544 e. The predicted molar refractivity (Wildman–Crippen MR) is 277 cm³/mol. The Hall–Kier alpha value is -2.19. The molecule has 0 saturated carbocycles. The van der Waals surface area contributed by atoms with Crippen LogP contribution < -0.4 is 5.11 Å². The third-order valence-corrected chi connectivity index (χ3v) is 13.1. The van der Waals surface area contributed by atoms with Gasteiger partial charge in [0.25, 0.3) is 0 Å². The molecule has 2 unspecified atom stereocenters. The number of quaternary nitrogens is 1. The summed E-state index contributed by atoms with van der Waals surface area (Å²) in [6.45, 7) is 4.70. The van der Waals surface area contributed by atoms with E-state index < -0.39 is 18.1 Å². The highest BCUT2D eigenvalue weighted by Crippen LogP contribution is 2.17. The standard InChI is InChI=1S/C58H109NO7/c1-6-8-10-12-14-16-18-20-22-24-26-28-29-31-32-34-36-38-40-42-44-46-48-56(60)65-53-54(52-64-51-50-55(58(62)63)59(3,4)5)66-57(61)49-47-45-43-41-39-37-35-33-30-27-25-23-21-19-17-15-13-11-9-7-2/h17,19,21,23,54-55H,6-16,18,20,22,24-53H2,1-5H3/b19-17+,23-21+. The second-order valence-electron chi connectivity index (χ2n) is 20.6. The summed E-state index contributed by atoms with van der Waals surface area (Å²) >= 11 is 0. The summed E-state index contributed by atoms with van der Waals surface area (Å²) in [5.74, 6) is -1.72. The number of esters is 2. The molecule has 0 aliphatic carbocycles. The van der Waals surface area contributed by atoms with E-state index in [0.717, 1.165) is 38.5 Å². The number of carboxylic acids is 1. The maximum Gasteiger partial charge on any atom is 0.306 e. The maximum absolute atomic E-state index is 12.8. The highest BCUT2D eigenvalue weighted by atomic mass is 16.6. The molecular formula is C58H109NO7. The van der Waals surface area contributed by atoms with Gasteiger partial charge in [0.2, 0.25) is 0 Å². The van der Waals surface area contributed by atoms with Gasteiger partial charge >= 0.3 is 11.9 Å². The van der Waals surface area contributed by atoms with Crippen molar-refractivity contribution in [1.82, 2.24) is 0 Å². The van der Waals surface area contributed by atoms with Crippen LogP contribution in [0.15, 0.2) is 24.3 Å². The Kier molecular flexibility index (Phi) is 47.6. The molecule has 8 nitrogen and oxygen atoms in total. The number of rotatable bonds is 52. The normalized spacial score (nSPS) is 12.9. The molecule has 0 rings (SSSR count). The molecule has 0 aliphatic heterocycles. The number of unbranched alkanes of at least 4 members (excludes halogenated alkanes) is 35. The second kappa shape index (κ2) is 49.2. The first-order valence-corrected chi connectivity index (χ1v) is 28.4. The fourth-order valence-electron chi connectivity index (χ4n) is 8.71. The van der Waals surface area contributed by atoms with E-state index in [1.807, 2.05) is 21.1 Å². The van der Waals surface area contributed by atoms with Crippen molar-refractivity contribution in [3.8, 4) is 0 Å². The molecule has 0 aromatic carbocycles. The topological polar surface area (TPSA) is 102 Å². The van der Waals surface area contributed by atoms with Crippen molar-refractivity contribution < 1.29 is 38.2 Å². The molecule has 0 aromatic rings. The van der Waals surface area contributed by atoms with Crippen LogP contribution in [-0.2, 0) is 28.6 Å². The first-order valence-electron chi connectivity index (χ1n) is 28.4. The molecule has 0 spiro atoms. The first-order chi connectivity index (χ1) is 32.1. The average Bonchev–Trinajstić information content (AvgIpc) is 3.28. The molecule has 0 N–H and O–H groups in total. The van der Waals surface area contributed by atoms with Crippen molar-refractivity contribution in [2.45, 2.75) is 289 Å². The molecule has 8 heteroatoms. The van der Waals surface area contributed by atoms with Crippen molar-refractivity contribution >= 4 is 17.9 Å². The summed E-state index contributed by atoms with van der Waals surface area (Å²) in [6, 6.07) is -0.725. The Bertz CT molecular complexity index is 1130. The van der Waals surface area contributed by atoms with Crippen LogP contribution in [0.5, 0.6) is 0 Å². The highest BCUT2D eigenvalue weighted by Gasteiger charge is 2.25. The molecule has 2 atom stereocenters. The zero-order chi connectivity index (χ0) is 48.4. The van der Waals surface area contributed by atoms with Crippen LogP contribution in [0.1, 0.15) is 277 Å². The summed E-state index contributed by atoms with van der Waals surface area (Å²) < 4.78 is 17.3. The lowest BCUT2D eigenvalue weighted by Crippen LogP contribution is -2.55. The number of carbonyl (C=O) groups is 3. The molecule has 0 heterocycles. The minimum Gasteiger partial charge on any atom is -0.544 e. The third-order valence-electron chi connectivity index (χ3n) is 13.1. The van der Waals surface area contributed by atoms with E-state index in [1.165, 1.54) is 205 Å². The molecule has 0 aliphatic rings.